The predicted molar refractivity (Wildman–Crippen MR) is 121 cm³/mol. The maximum Gasteiger partial charge on any atom is 0.276 e. The van der Waals surface area contributed by atoms with E-state index in [9.17, 15) is 8.42 Å². The van der Waals surface area contributed by atoms with Crippen LogP contribution < -0.4 is 9.57 Å². The number of rotatable bonds is 9. The molecule has 0 bridgehead atoms. The molecule has 0 aliphatic carbocycles. The number of hydrazone groups is 1. The number of aryl methyl sites for hydroxylation is 3. The standard InChI is InChI=1S/C24H26N2O3S/c1-19-10-15-24(20(2)17-19)30(27,28)26-25-18-22-11-13-23(14-12-22)29-16-6-9-21-7-4-3-5-8-21/h3-5,7-8,10-15,17-18,26H,6,9,16H2,1-2H3/b25-18+. The zero-order chi connectivity index (χ0) is 21.4. The summed E-state index contributed by atoms with van der Waals surface area (Å²) in [5.74, 6) is 0.774. The van der Waals surface area contributed by atoms with Gasteiger partial charge in [-0.3, -0.25) is 0 Å². The van der Waals surface area contributed by atoms with Gasteiger partial charge in [0, 0.05) is 0 Å². The van der Waals surface area contributed by atoms with Crippen LogP contribution in [0.1, 0.15) is 28.7 Å². The van der Waals surface area contributed by atoms with Crippen molar-refractivity contribution in [3.63, 3.8) is 0 Å². The summed E-state index contributed by atoms with van der Waals surface area (Å²) in [6.07, 6.45) is 3.39. The number of hydrogen-bond donors (Lipinski definition) is 1. The second kappa shape index (κ2) is 10.1. The van der Waals surface area contributed by atoms with Gasteiger partial charge in [-0.05, 0) is 73.7 Å². The molecule has 3 aromatic carbocycles. The van der Waals surface area contributed by atoms with Gasteiger partial charge >= 0.3 is 0 Å². The molecular weight excluding hydrogens is 396 g/mol. The molecule has 0 aromatic heterocycles. The van der Waals surface area contributed by atoms with Gasteiger partial charge in [0.25, 0.3) is 10.0 Å². The van der Waals surface area contributed by atoms with Gasteiger partial charge < -0.3 is 4.74 Å². The molecule has 30 heavy (non-hydrogen) atoms. The van der Waals surface area contributed by atoms with Crippen molar-refractivity contribution in [2.75, 3.05) is 6.61 Å². The van der Waals surface area contributed by atoms with Crippen molar-refractivity contribution in [2.24, 2.45) is 5.10 Å². The van der Waals surface area contributed by atoms with Gasteiger partial charge in [0.2, 0.25) is 0 Å². The van der Waals surface area contributed by atoms with E-state index in [1.165, 1.54) is 11.8 Å². The number of sulfonamides is 1. The molecule has 0 unspecified atom stereocenters. The predicted octanol–water partition coefficient (Wildman–Crippen LogP) is 4.63. The van der Waals surface area contributed by atoms with E-state index in [4.69, 9.17) is 4.74 Å². The summed E-state index contributed by atoms with van der Waals surface area (Å²) in [7, 11) is -3.70. The summed E-state index contributed by atoms with van der Waals surface area (Å²) in [4.78, 5) is 2.49. The lowest BCUT2D eigenvalue weighted by molar-refractivity contribution is 0.311. The lowest BCUT2D eigenvalue weighted by Crippen LogP contribution is -2.19. The monoisotopic (exact) mass is 422 g/mol. The van der Waals surface area contributed by atoms with Gasteiger partial charge in [-0.1, -0.05) is 48.0 Å². The Bertz CT molecular complexity index is 1090. The highest BCUT2D eigenvalue weighted by Gasteiger charge is 2.15. The Kier molecular flexibility index (Phi) is 7.25. The van der Waals surface area contributed by atoms with Crippen molar-refractivity contribution in [1.29, 1.82) is 0 Å². The molecule has 0 saturated heterocycles. The van der Waals surface area contributed by atoms with E-state index in [1.54, 1.807) is 19.1 Å². The molecule has 0 amide bonds. The van der Waals surface area contributed by atoms with Gasteiger partial charge in [-0.25, -0.2) is 4.83 Å². The third-order valence-electron chi connectivity index (χ3n) is 4.61. The highest BCUT2D eigenvalue weighted by Crippen LogP contribution is 2.16. The largest absolute Gasteiger partial charge is 0.494 e. The van der Waals surface area contributed by atoms with E-state index < -0.39 is 10.0 Å². The van der Waals surface area contributed by atoms with Crippen LogP contribution in [0, 0.1) is 13.8 Å². The van der Waals surface area contributed by atoms with Crippen LogP contribution in [0.3, 0.4) is 0 Å². The zero-order valence-corrected chi connectivity index (χ0v) is 18.0. The minimum atomic E-state index is -3.70. The minimum absolute atomic E-state index is 0.226. The van der Waals surface area contributed by atoms with Crippen LogP contribution in [0.25, 0.3) is 0 Å². The fourth-order valence-electron chi connectivity index (χ4n) is 3.08. The Morgan fingerprint density at radius 1 is 0.967 bits per heavy atom. The molecular formula is C24H26N2O3S. The lowest BCUT2D eigenvalue weighted by atomic mass is 10.1. The molecule has 0 radical (unpaired) electrons. The van der Waals surface area contributed by atoms with Crippen LogP contribution in [-0.4, -0.2) is 21.2 Å². The maximum atomic E-state index is 12.4. The average molecular weight is 423 g/mol. The normalized spacial score (nSPS) is 11.5. The van der Waals surface area contributed by atoms with Crippen LogP contribution in [0.2, 0.25) is 0 Å². The summed E-state index contributed by atoms with van der Waals surface area (Å²) in [5.41, 5.74) is 3.77. The Hall–Kier alpha value is -3.12. The maximum absolute atomic E-state index is 12.4. The average Bonchev–Trinajstić information content (AvgIpc) is 2.72. The molecule has 3 rings (SSSR count). The minimum Gasteiger partial charge on any atom is -0.494 e. The summed E-state index contributed by atoms with van der Waals surface area (Å²) < 4.78 is 30.6. The van der Waals surface area contributed by atoms with Crippen molar-refractivity contribution in [3.8, 4) is 5.75 Å². The first-order valence-corrected chi connectivity index (χ1v) is 11.3. The number of hydrogen-bond acceptors (Lipinski definition) is 4. The van der Waals surface area contributed by atoms with Crippen molar-refractivity contribution in [2.45, 2.75) is 31.6 Å². The number of benzene rings is 3. The lowest BCUT2D eigenvalue weighted by Gasteiger charge is -2.08. The molecule has 0 heterocycles. The topological polar surface area (TPSA) is 67.8 Å². The Morgan fingerprint density at radius 2 is 1.70 bits per heavy atom. The van der Waals surface area contributed by atoms with Crippen molar-refractivity contribution >= 4 is 16.2 Å². The number of ether oxygens (including phenoxy) is 1. The fraction of sp³-hybridized carbons (Fsp3) is 0.208. The second-order valence-electron chi connectivity index (χ2n) is 7.13. The Morgan fingerprint density at radius 3 is 2.40 bits per heavy atom. The molecule has 0 aliphatic rings. The molecule has 0 aliphatic heterocycles. The highest BCUT2D eigenvalue weighted by molar-refractivity contribution is 7.89. The van der Waals surface area contributed by atoms with Crippen molar-refractivity contribution in [1.82, 2.24) is 4.83 Å². The molecule has 0 atom stereocenters. The van der Waals surface area contributed by atoms with Crippen LogP contribution in [0.4, 0.5) is 0 Å². The molecule has 1 N–H and O–H groups in total. The van der Waals surface area contributed by atoms with Crippen LogP contribution in [0.15, 0.2) is 82.8 Å². The van der Waals surface area contributed by atoms with E-state index in [2.05, 4.69) is 22.1 Å². The third-order valence-corrected chi connectivity index (χ3v) is 5.99. The van der Waals surface area contributed by atoms with Crippen molar-refractivity contribution in [3.05, 3.63) is 95.1 Å². The van der Waals surface area contributed by atoms with Crippen LogP contribution in [-0.2, 0) is 16.4 Å². The van der Waals surface area contributed by atoms with Gasteiger partial charge in [0.05, 0.1) is 17.7 Å². The number of nitrogens with zero attached hydrogens (tertiary/aromatic N) is 1. The Balaban J connectivity index is 1.49. The van der Waals surface area contributed by atoms with Gasteiger partial charge in [0.15, 0.2) is 0 Å². The molecule has 5 nitrogen and oxygen atoms in total. The smallest absolute Gasteiger partial charge is 0.276 e. The van der Waals surface area contributed by atoms with Crippen LogP contribution in [0.5, 0.6) is 5.75 Å². The van der Waals surface area contributed by atoms with E-state index in [1.807, 2.05) is 55.5 Å². The molecule has 0 fully saturated rings. The summed E-state index contributed by atoms with van der Waals surface area (Å²) >= 11 is 0. The van der Waals surface area contributed by atoms with E-state index >= 15 is 0 Å². The number of nitrogens with one attached hydrogen (secondary N) is 1. The van der Waals surface area contributed by atoms with Gasteiger partial charge in [-0.15, -0.1) is 0 Å². The molecule has 156 valence electrons. The highest BCUT2D eigenvalue weighted by atomic mass is 32.2. The summed E-state index contributed by atoms with van der Waals surface area (Å²) in [5, 5.41) is 3.89. The SMILES string of the molecule is Cc1ccc(S(=O)(=O)N/N=C/c2ccc(OCCCc3ccccc3)cc2)c(C)c1. The second-order valence-corrected chi connectivity index (χ2v) is 8.76. The van der Waals surface area contributed by atoms with Crippen LogP contribution >= 0.6 is 0 Å². The Labute approximate surface area is 178 Å². The van der Waals surface area contributed by atoms with E-state index in [-0.39, 0.29) is 4.90 Å². The zero-order valence-electron chi connectivity index (χ0n) is 17.2. The van der Waals surface area contributed by atoms with E-state index in [0.717, 1.165) is 29.7 Å². The van der Waals surface area contributed by atoms with Crippen molar-refractivity contribution < 1.29 is 13.2 Å². The molecule has 0 spiro atoms. The molecule has 0 saturated carbocycles. The summed E-state index contributed by atoms with van der Waals surface area (Å²) in [6.45, 7) is 4.33. The first-order chi connectivity index (χ1) is 14.4. The summed E-state index contributed by atoms with van der Waals surface area (Å²) in [6, 6.07) is 22.9. The molecule has 3 aromatic rings. The third kappa shape index (κ3) is 6.19. The van der Waals surface area contributed by atoms with Gasteiger partial charge in [-0.2, -0.15) is 13.5 Å². The van der Waals surface area contributed by atoms with E-state index in [0.29, 0.717) is 12.2 Å². The first kappa shape index (κ1) is 21.6. The first-order valence-electron chi connectivity index (χ1n) is 9.83. The molecule has 6 heteroatoms. The fourth-order valence-corrected chi connectivity index (χ4v) is 4.10. The van der Waals surface area contributed by atoms with Gasteiger partial charge in [0.1, 0.15) is 5.75 Å². The quantitative estimate of drug-likeness (QED) is 0.311.